The largest absolute Gasteiger partial charge is 0.496 e. The van der Waals surface area contributed by atoms with Gasteiger partial charge >= 0.3 is 0 Å². The molecule has 1 aromatic rings. The Hall–Kier alpha value is -2.08. The van der Waals surface area contributed by atoms with Crippen LogP contribution in [0.15, 0.2) is 24.3 Å². The van der Waals surface area contributed by atoms with Gasteiger partial charge < -0.3 is 15.0 Å². The van der Waals surface area contributed by atoms with Crippen LogP contribution in [0, 0.1) is 5.41 Å². The van der Waals surface area contributed by atoms with Crippen LogP contribution in [0.1, 0.15) is 31.7 Å². The van der Waals surface area contributed by atoms with Crippen molar-refractivity contribution in [2.24, 2.45) is 5.41 Å². The van der Waals surface area contributed by atoms with Gasteiger partial charge in [0.1, 0.15) is 5.75 Å². The molecule has 0 radical (unpaired) electrons. The summed E-state index contributed by atoms with van der Waals surface area (Å²) in [5.74, 6) is 1.17. The maximum absolute atomic E-state index is 12.7. The van der Waals surface area contributed by atoms with Crippen molar-refractivity contribution in [2.75, 3.05) is 46.4 Å². The van der Waals surface area contributed by atoms with Crippen LogP contribution in [0.5, 0.6) is 5.75 Å². The molecule has 27 heavy (non-hydrogen) atoms. The molecule has 2 aliphatic heterocycles. The van der Waals surface area contributed by atoms with Crippen LogP contribution in [-0.2, 0) is 16.0 Å². The highest BCUT2D eigenvalue weighted by Gasteiger charge is 2.50. The first-order chi connectivity index (χ1) is 13.1. The summed E-state index contributed by atoms with van der Waals surface area (Å²) in [6, 6.07) is 7.87. The lowest BCUT2D eigenvalue weighted by Gasteiger charge is -2.23. The summed E-state index contributed by atoms with van der Waals surface area (Å²) >= 11 is 0. The molecular weight excluding hydrogens is 342 g/mol. The van der Waals surface area contributed by atoms with Crippen molar-refractivity contribution in [1.29, 1.82) is 0 Å². The summed E-state index contributed by atoms with van der Waals surface area (Å²) in [5, 5.41) is 3.00. The molecule has 6 heteroatoms. The van der Waals surface area contributed by atoms with E-state index in [1.54, 1.807) is 7.11 Å². The van der Waals surface area contributed by atoms with Gasteiger partial charge in [-0.15, -0.1) is 0 Å². The Morgan fingerprint density at radius 2 is 2.04 bits per heavy atom. The fraction of sp³-hybridized carbons (Fsp3) is 0.619. The lowest BCUT2D eigenvalue weighted by Crippen LogP contribution is -2.40. The van der Waals surface area contributed by atoms with Crippen LogP contribution in [0.2, 0.25) is 0 Å². The van der Waals surface area contributed by atoms with Gasteiger partial charge in [0, 0.05) is 26.2 Å². The molecule has 6 nitrogen and oxygen atoms in total. The quantitative estimate of drug-likeness (QED) is 0.753. The lowest BCUT2D eigenvalue weighted by atomic mass is 9.85. The van der Waals surface area contributed by atoms with E-state index in [1.807, 2.05) is 29.2 Å². The predicted octanol–water partition coefficient (Wildman–Crippen LogP) is 1.69. The molecule has 1 N–H and O–H groups in total. The van der Waals surface area contributed by atoms with E-state index in [0.29, 0.717) is 25.5 Å². The van der Waals surface area contributed by atoms with E-state index in [4.69, 9.17) is 4.74 Å². The van der Waals surface area contributed by atoms with Crippen molar-refractivity contribution in [2.45, 2.75) is 32.6 Å². The predicted molar refractivity (Wildman–Crippen MR) is 105 cm³/mol. The summed E-state index contributed by atoms with van der Waals surface area (Å²) < 4.78 is 5.34. The number of rotatable bonds is 8. The van der Waals surface area contributed by atoms with Crippen LogP contribution in [0.4, 0.5) is 0 Å². The van der Waals surface area contributed by atoms with Gasteiger partial charge in [-0.25, -0.2) is 0 Å². The number of ether oxygens (including phenoxy) is 1. The summed E-state index contributed by atoms with van der Waals surface area (Å²) in [6.07, 6.45) is 3.54. The topological polar surface area (TPSA) is 61.9 Å². The highest BCUT2D eigenvalue weighted by molar-refractivity contribution is 5.86. The molecule has 148 valence electrons. The zero-order valence-electron chi connectivity index (χ0n) is 16.5. The summed E-state index contributed by atoms with van der Waals surface area (Å²) in [6.45, 7) is 6.32. The minimum Gasteiger partial charge on any atom is -0.496 e. The summed E-state index contributed by atoms with van der Waals surface area (Å²) in [5.41, 5.74) is 0.848. The molecule has 0 aromatic heterocycles. The molecule has 2 amide bonds. The van der Waals surface area contributed by atoms with Crippen molar-refractivity contribution in [1.82, 2.24) is 15.1 Å². The van der Waals surface area contributed by atoms with E-state index in [0.717, 1.165) is 56.6 Å². The first kappa shape index (κ1) is 19.7. The number of amides is 2. The van der Waals surface area contributed by atoms with E-state index < -0.39 is 0 Å². The van der Waals surface area contributed by atoms with Gasteiger partial charge in [0.25, 0.3) is 0 Å². The number of methoxy groups -OCH3 is 1. The average molecular weight is 373 g/mol. The van der Waals surface area contributed by atoms with E-state index in [2.05, 4.69) is 17.1 Å². The first-order valence-corrected chi connectivity index (χ1v) is 9.98. The molecule has 0 aliphatic carbocycles. The van der Waals surface area contributed by atoms with Crippen molar-refractivity contribution in [3.05, 3.63) is 29.8 Å². The molecule has 1 aromatic carbocycles. The lowest BCUT2D eigenvalue weighted by molar-refractivity contribution is -0.135. The van der Waals surface area contributed by atoms with Gasteiger partial charge in [0.2, 0.25) is 11.8 Å². The third kappa shape index (κ3) is 4.43. The Morgan fingerprint density at radius 1 is 1.26 bits per heavy atom. The second-order valence-electron chi connectivity index (χ2n) is 7.69. The number of para-hydroxylation sites is 1. The molecule has 1 atom stereocenters. The number of hydrogen-bond acceptors (Lipinski definition) is 4. The average Bonchev–Trinajstić information content (AvgIpc) is 3.21. The van der Waals surface area contributed by atoms with Crippen molar-refractivity contribution >= 4 is 11.8 Å². The number of likely N-dealkylation sites (tertiary alicyclic amines) is 2. The van der Waals surface area contributed by atoms with Crippen LogP contribution >= 0.6 is 0 Å². The Labute approximate surface area is 161 Å². The zero-order valence-corrected chi connectivity index (χ0v) is 16.5. The minimum atomic E-state index is -0.243. The second-order valence-corrected chi connectivity index (χ2v) is 7.69. The Morgan fingerprint density at radius 3 is 2.81 bits per heavy atom. The first-order valence-electron chi connectivity index (χ1n) is 9.98. The number of nitrogens with zero attached hydrogens (tertiary/aromatic N) is 2. The fourth-order valence-electron chi connectivity index (χ4n) is 4.35. The maximum atomic E-state index is 12.7. The normalized spacial score (nSPS) is 22.6. The molecule has 1 unspecified atom stereocenters. The fourth-order valence-corrected chi connectivity index (χ4v) is 4.35. The molecule has 2 saturated heterocycles. The Kier molecular flexibility index (Phi) is 6.37. The molecule has 1 spiro atoms. The molecule has 2 fully saturated rings. The number of nitrogens with one attached hydrogen (secondary N) is 1. The molecule has 0 bridgehead atoms. The third-order valence-corrected chi connectivity index (χ3v) is 5.80. The van der Waals surface area contributed by atoms with E-state index in [-0.39, 0.29) is 11.3 Å². The van der Waals surface area contributed by atoms with E-state index >= 15 is 0 Å². The van der Waals surface area contributed by atoms with Gasteiger partial charge in [-0.2, -0.15) is 0 Å². The number of benzene rings is 1. The van der Waals surface area contributed by atoms with E-state index in [1.165, 1.54) is 0 Å². The highest BCUT2D eigenvalue weighted by Crippen LogP contribution is 2.40. The molecular formula is C21H31N3O3. The Bertz CT molecular complexity index is 678. The van der Waals surface area contributed by atoms with Crippen LogP contribution in [-0.4, -0.2) is 68.0 Å². The maximum Gasteiger partial charge on any atom is 0.234 e. The van der Waals surface area contributed by atoms with Crippen LogP contribution in [0.25, 0.3) is 0 Å². The zero-order chi connectivity index (χ0) is 19.3. The highest BCUT2D eigenvalue weighted by atomic mass is 16.5. The summed E-state index contributed by atoms with van der Waals surface area (Å²) in [7, 11) is 1.66. The van der Waals surface area contributed by atoms with Gasteiger partial charge in [-0.05, 0) is 43.9 Å². The van der Waals surface area contributed by atoms with Gasteiger partial charge in [0.05, 0.1) is 19.1 Å². The Balaban J connectivity index is 1.44. The van der Waals surface area contributed by atoms with Crippen LogP contribution < -0.4 is 10.1 Å². The number of hydrogen-bond donors (Lipinski definition) is 1. The third-order valence-electron chi connectivity index (χ3n) is 5.80. The monoisotopic (exact) mass is 373 g/mol. The van der Waals surface area contributed by atoms with Crippen molar-refractivity contribution in [3.63, 3.8) is 0 Å². The second kappa shape index (κ2) is 8.74. The number of carbonyl (C=O) groups excluding carboxylic acids is 2. The SMILES string of the molecule is CCCN1CCC2(CCN(CC(=O)NCCc3ccccc3OC)C2)C1=O. The molecule has 2 aliphatic rings. The molecule has 2 heterocycles. The van der Waals surface area contributed by atoms with Crippen molar-refractivity contribution in [3.8, 4) is 5.75 Å². The smallest absolute Gasteiger partial charge is 0.234 e. The number of carbonyl (C=O) groups is 2. The van der Waals surface area contributed by atoms with Gasteiger partial charge in [-0.1, -0.05) is 25.1 Å². The van der Waals surface area contributed by atoms with E-state index in [9.17, 15) is 9.59 Å². The van der Waals surface area contributed by atoms with Gasteiger partial charge in [-0.3, -0.25) is 14.5 Å². The molecule has 3 rings (SSSR count). The van der Waals surface area contributed by atoms with Crippen LogP contribution in [0.3, 0.4) is 0 Å². The minimum absolute atomic E-state index is 0.0257. The summed E-state index contributed by atoms with van der Waals surface area (Å²) in [4.78, 5) is 29.2. The standard InChI is InChI=1S/C21H31N3O3/c1-3-12-24-14-10-21(20(24)26)9-13-23(16-21)15-19(25)22-11-8-17-6-4-5-7-18(17)27-2/h4-7H,3,8-16H2,1-2H3,(H,22,25). The molecule has 0 saturated carbocycles. The van der Waals surface area contributed by atoms with Crippen molar-refractivity contribution < 1.29 is 14.3 Å². The van der Waals surface area contributed by atoms with Gasteiger partial charge in [0.15, 0.2) is 0 Å².